The summed E-state index contributed by atoms with van der Waals surface area (Å²) in [6.45, 7) is 6.17. The number of nitrogens with zero attached hydrogens (tertiary/aromatic N) is 1. The van der Waals surface area contributed by atoms with Crippen LogP contribution in [0, 0.1) is 5.92 Å². The number of fused-ring (bicyclic) bond motifs is 1. The van der Waals surface area contributed by atoms with E-state index in [1.807, 2.05) is 0 Å². The van der Waals surface area contributed by atoms with E-state index < -0.39 is 0 Å². The van der Waals surface area contributed by atoms with Crippen molar-refractivity contribution in [3.05, 3.63) is 35.9 Å². The van der Waals surface area contributed by atoms with Crippen molar-refractivity contribution < 1.29 is 0 Å². The molecule has 0 spiro atoms. The van der Waals surface area contributed by atoms with Crippen molar-refractivity contribution >= 4 is 12.4 Å². The first-order valence-corrected chi connectivity index (χ1v) is 8.13. The smallest absolute Gasteiger partial charge is 0.00181 e. The molecule has 20 heavy (non-hydrogen) atoms. The van der Waals surface area contributed by atoms with Crippen molar-refractivity contribution in [1.82, 2.24) is 4.90 Å². The Balaban J connectivity index is 0.00000147. The molecular formula is C18H28ClN. The van der Waals surface area contributed by atoms with Crippen molar-refractivity contribution in [3.8, 4) is 0 Å². The standard InChI is InChI=1S/C18H27N.ClH/c1-2-19-14-8-13-18(16-9-4-3-5-10-16)12-7-6-11-17(18)15-19;/h3-5,9-10,17H,2,6-8,11-15H2,1H3;1H/t17-,18-;/m0./s1. The van der Waals surface area contributed by atoms with Crippen LogP contribution in [-0.2, 0) is 5.41 Å². The molecule has 1 aliphatic carbocycles. The summed E-state index contributed by atoms with van der Waals surface area (Å²) >= 11 is 0. The second kappa shape index (κ2) is 6.95. The van der Waals surface area contributed by atoms with Crippen molar-refractivity contribution in [2.45, 2.75) is 50.9 Å². The molecule has 2 fully saturated rings. The van der Waals surface area contributed by atoms with Gasteiger partial charge >= 0.3 is 0 Å². The third kappa shape index (κ3) is 2.89. The van der Waals surface area contributed by atoms with Crippen molar-refractivity contribution in [2.75, 3.05) is 19.6 Å². The highest BCUT2D eigenvalue weighted by molar-refractivity contribution is 5.85. The van der Waals surface area contributed by atoms with Gasteiger partial charge in [0, 0.05) is 6.54 Å². The summed E-state index contributed by atoms with van der Waals surface area (Å²) in [5, 5.41) is 0. The maximum Gasteiger partial charge on any atom is 0.00181 e. The summed E-state index contributed by atoms with van der Waals surface area (Å²) in [5.74, 6) is 0.881. The molecule has 112 valence electrons. The third-order valence-corrected chi connectivity index (χ3v) is 5.58. The van der Waals surface area contributed by atoms with Gasteiger partial charge in [-0.05, 0) is 55.7 Å². The zero-order valence-electron chi connectivity index (χ0n) is 12.7. The molecule has 1 nitrogen and oxygen atoms in total. The fourth-order valence-corrected chi connectivity index (χ4v) is 4.51. The molecule has 1 heterocycles. The molecule has 0 amide bonds. The quantitative estimate of drug-likeness (QED) is 0.767. The normalized spacial score (nSPS) is 30.9. The van der Waals surface area contributed by atoms with Gasteiger partial charge in [-0.2, -0.15) is 0 Å². The van der Waals surface area contributed by atoms with E-state index in [0.717, 1.165) is 5.92 Å². The molecule has 1 aromatic rings. The van der Waals surface area contributed by atoms with Crippen molar-refractivity contribution in [1.29, 1.82) is 0 Å². The summed E-state index contributed by atoms with van der Waals surface area (Å²) in [6.07, 6.45) is 8.50. The summed E-state index contributed by atoms with van der Waals surface area (Å²) in [6, 6.07) is 11.4. The predicted molar refractivity (Wildman–Crippen MR) is 88.7 cm³/mol. The predicted octanol–water partition coefficient (Wildman–Crippen LogP) is 4.65. The first-order valence-electron chi connectivity index (χ1n) is 8.13. The summed E-state index contributed by atoms with van der Waals surface area (Å²) in [5.41, 5.74) is 2.11. The molecule has 2 heteroatoms. The fourth-order valence-electron chi connectivity index (χ4n) is 4.51. The third-order valence-electron chi connectivity index (χ3n) is 5.58. The van der Waals surface area contributed by atoms with E-state index in [1.54, 1.807) is 5.56 Å². The number of hydrogen-bond donors (Lipinski definition) is 0. The SMILES string of the molecule is CCN1CCC[C@]2(c3ccccc3)CCCC[C@H]2C1.Cl. The molecule has 0 N–H and O–H groups in total. The van der Waals surface area contributed by atoms with Crippen molar-refractivity contribution in [2.24, 2.45) is 5.92 Å². The Labute approximate surface area is 130 Å². The zero-order valence-corrected chi connectivity index (χ0v) is 13.5. The van der Waals surface area contributed by atoms with Crippen LogP contribution in [0.15, 0.2) is 30.3 Å². The van der Waals surface area contributed by atoms with Gasteiger partial charge in [-0.25, -0.2) is 0 Å². The summed E-state index contributed by atoms with van der Waals surface area (Å²) < 4.78 is 0. The Morgan fingerprint density at radius 3 is 2.60 bits per heavy atom. The molecule has 1 saturated heterocycles. The van der Waals surface area contributed by atoms with Crippen LogP contribution in [0.4, 0.5) is 0 Å². The number of benzene rings is 1. The molecule has 0 aromatic heterocycles. The Hall–Kier alpha value is -0.530. The fraction of sp³-hybridized carbons (Fsp3) is 0.667. The minimum absolute atomic E-state index is 0. The van der Waals surface area contributed by atoms with Crippen LogP contribution in [0.2, 0.25) is 0 Å². The monoisotopic (exact) mass is 293 g/mol. The van der Waals surface area contributed by atoms with Gasteiger partial charge in [0.2, 0.25) is 0 Å². The van der Waals surface area contributed by atoms with E-state index in [0.29, 0.717) is 5.41 Å². The van der Waals surface area contributed by atoms with Crippen molar-refractivity contribution in [3.63, 3.8) is 0 Å². The minimum Gasteiger partial charge on any atom is -0.303 e. The zero-order chi connectivity index (χ0) is 13.1. The molecule has 2 atom stereocenters. The van der Waals surface area contributed by atoms with Crippen LogP contribution in [0.3, 0.4) is 0 Å². The topological polar surface area (TPSA) is 3.24 Å². The van der Waals surface area contributed by atoms with Crippen LogP contribution in [0.5, 0.6) is 0 Å². The second-order valence-corrected chi connectivity index (χ2v) is 6.46. The van der Waals surface area contributed by atoms with Crippen LogP contribution < -0.4 is 0 Å². The summed E-state index contributed by atoms with van der Waals surface area (Å²) in [7, 11) is 0. The molecule has 1 aromatic carbocycles. The Morgan fingerprint density at radius 2 is 1.85 bits per heavy atom. The number of likely N-dealkylation sites (tertiary alicyclic amines) is 1. The van der Waals surface area contributed by atoms with E-state index in [4.69, 9.17) is 0 Å². The first-order chi connectivity index (χ1) is 9.35. The molecular weight excluding hydrogens is 266 g/mol. The van der Waals surface area contributed by atoms with E-state index >= 15 is 0 Å². The van der Waals surface area contributed by atoms with Gasteiger partial charge in [-0.1, -0.05) is 50.1 Å². The van der Waals surface area contributed by atoms with Gasteiger partial charge in [-0.3, -0.25) is 0 Å². The minimum atomic E-state index is 0. The lowest BCUT2D eigenvalue weighted by molar-refractivity contribution is 0.149. The Kier molecular flexibility index (Phi) is 5.51. The summed E-state index contributed by atoms with van der Waals surface area (Å²) in [4.78, 5) is 2.68. The maximum absolute atomic E-state index is 2.68. The molecule has 0 bridgehead atoms. The maximum atomic E-state index is 2.68. The molecule has 2 aliphatic rings. The van der Waals surface area contributed by atoms with Crippen LogP contribution in [0.1, 0.15) is 51.0 Å². The van der Waals surface area contributed by atoms with Gasteiger partial charge in [0.1, 0.15) is 0 Å². The van der Waals surface area contributed by atoms with Gasteiger partial charge in [-0.15, -0.1) is 12.4 Å². The lowest BCUT2D eigenvalue weighted by atomic mass is 9.61. The molecule has 1 saturated carbocycles. The van der Waals surface area contributed by atoms with Crippen LogP contribution in [0.25, 0.3) is 0 Å². The van der Waals surface area contributed by atoms with Gasteiger partial charge in [0.25, 0.3) is 0 Å². The average molecular weight is 294 g/mol. The molecule has 1 aliphatic heterocycles. The molecule has 0 unspecified atom stereocenters. The first kappa shape index (κ1) is 15.9. The molecule has 0 radical (unpaired) electrons. The van der Waals surface area contributed by atoms with Gasteiger partial charge in [0.15, 0.2) is 0 Å². The Bertz CT molecular complexity index is 405. The van der Waals surface area contributed by atoms with Crippen LogP contribution in [-0.4, -0.2) is 24.5 Å². The molecule has 3 rings (SSSR count). The van der Waals surface area contributed by atoms with Crippen LogP contribution >= 0.6 is 12.4 Å². The van der Waals surface area contributed by atoms with E-state index in [-0.39, 0.29) is 12.4 Å². The van der Waals surface area contributed by atoms with Gasteiger partial charge < -0.3 is 4.90 Å². The van der Waals surface area contributed by atoms with Gasteiger partial charge in [0.05, 0.1) is 0 Å². The highest BCUT2D eigenvalue weighted by atomic mass is 35.5. The van der Waals surface area contributed by atoms with E-state index in [9.17, 15) is 0 Å². The number of halogens is 1. The largest absolute Gasteiger partial charge is 0.303 e. The number of hydrogen-bond acceptors (Lipinski definition) is 1. The highest BCUT2D eigenvalue weighted by Crippen LogP contribution is 2.48. The average Bonchev–Trinajstić information content (AvgIpc) is 2.68. The lowest BCUT2D eigenvalue weighted by Gasteiger charge is -2.44. The van der Waals surface area contributed by atoms with E-state index in [1.165, 1.54) is 58.2 Å². The Morgan fingerprint density at radius 1 is 1.10 bits per heavy atom. The highest BCUT2D eigenvalue weighted by Gasteiger charge is 2.43. The lowest BCUT2D eigenvalue weighted by Crippen LogP contribution is -2.41. The second-order valence-electron chi connectivity index (χ2n) is 6.46. The van der Waals surface area contributed by atoms with E-state index in [2.05, 4.69) is 42.2 Å². The number of rotatable bonds is 2.